The van der Waals surface area contributed by atoms with Crippen LogP contribution in [0, 0.1) is 5.92 Å². The molecule has 1 aromatic carbocycles. The average molecular weight is 490 g/mol. The molecule has 0 aliphatic carbocycles. The fraction of sp³-hybridized carbons (Fsp3) is 0.524. The van der Waals surface area contributed by atoms with E-state index in [2.05, 4.69) is 20.8 Å². The van der Waals surface area contributed by atoms with Gasteiger partial charge in [-0.3, -0.25) is 14.5 Å². The maximum absolute atomic E-state index is 13.4. The van der Waals surface area contributed by atoms with E-state index in [9.17, 15) is 22.8 Å². The number of hydrogen-bond donors (Lipinski definition) is 1. The lowest BCUT2D eigenvalue weighted by atomic mass is 9.91. The van der Waals surface area contributed by atoms with Crippen LogP contribution in [0.5, 0.6) is 0 Å². The average Bonchev–Trinajstić information content (AvgIpc) is 3.48. The van der Waals surface area contributed by atoms with E-state index in [1.165, 1.54) is 15.9 Å². The predicted octanol–water partition coefficient (Wildman–Crippen LogP) is 0.101. The first kappa shape index (κ1) is 23.8. The van der Waals surface area contributed by atoms with E-state index in [-0.39, 0.29) is 17.4 Å². The smallest absolute Gasteiger partial charge is 0.325 e. The van der Waals surface area contributed by atoms with E-state index in [0.717, 1.165) is 4.90 Å². The van der Waals surface area contributed by atoms with Crippen LogP contribution in [-0.2, 0) is 25.0 Å². The van der Waals surface area contributed by atoms with Crippen molar-refractivity contribution >= 4 is 27.7 Å². The zero-order chi connectivity index (χ0) is 24.7. The topological polar surface area (TPSA) is 147 Å². The quantitative estimate of drug-likeness (QED) is 0.539. The monoisotopic (exact) mass is 489 g/mol. The number of rotatable bonds is 7. The van der Waals surface area contributed by atoms with E-state index in [1.807, 2.05) is 13.8 Å². The standard InChI is InChI=1S/C21H27N7O5S/c1-14(2)10-26(17-7-8-34(32,33)12-17)18(29)11-27-19(30)21(3,23-20(27)31)15-5-4-6-16(9-15)28-13-22-24-25-28/h4-6,9,13-14,17H,7-8,10-12H2,1-3H3,(H,23,31)/t17-,21+/m1/s1. The van der Waals surface area contributed by atoms with Gasteiger partial charge < -0.3 is 10.2 Å². The first-order valence-electron chi connectivity index (χ1n) is 11.0. The zero-order valence-corrected chi connectivity index (χ0v) is 20.0. The van der Waals surface area contributed by atoms with Crippen molar-refractivity contribution in [2.24, 2.45) is 5.92 Å². The van der Waals surface area contributed by atoms with Crippen molar-refractivity contribution < 1.29 is 22.8 Å². The van der Waals surface area contributed by atoms with Gasteiger partial charge in [-0.25, -0.2) is 17.9 Å². The molecule has 2 atom stereocenters. The molecule has 2 aromatic rings. The summed E-state index contributed by atoms with van der Waals surface area (Å²) in [5.41, 5.74) is -0.276. The fourth-order valence-corrected chi connectivity index (χ4v) is 6.10. The fourth-order valence-electron chi connectivity index (χ4n) is 4.37. The molecule has 13 heteroatoms. The van der Waals surface area contributed by atoms with Gasteiger partial charge in [0.05, 0.1) is 17.2 Å². The van der Waals surface area contributed by atoms with E-state index < -0.39 is 45.8 Å². The van der Waals surface area contributed by atoms with Crippen LogP contribution < -0.4 is 5.32 Å². The number of urea groups is 1. The number of nitrogens with zero attached hydrogens (tertiary/aromatic N) is 6. The van der Waals surface area contributed by atoms with Gasteiger partial charge >= 0.3 is 6.03 Å². The molecule has 0 spiro atoms. The molecule has 2 fully saturated rings. The molecule has 1 N–H and O–H groups in total. The number of hydrogen-bond acceptors (Lipinski definition) is 8. The first-order valence-corrected chi connectivity index (χ1v) is 12.8. The zero-order valence-electron chi connectivity index (χ0n) is 19.2. The van der Waals surface area contributed by atoms with E-state index >= 15 is 0 Å². The second kappa shape index (κ2) is 8.78. The van der Waals surface area contributed by atoms with Crippen molar-refractivity contribution in [3.8, 4) is 5.69 Å². The molecule has 4 amide bonds. The molecule has 34 heavy (non-hydrogen) atoms. The lowest BCUT2D eigenvalue weighted by Crippen LogP contribution is -2.49. The van der Waals surface area contributed by atoms with Crippen LogP contribution in [0.15, 0.2) is 30.6 Å². The highest BCUT2D eigenvalue weighted by Gasteiger charge is 2.50. The van der Waals surface area contributed by atoms with Gasteiger partial charge in [-0.05, 0) is 47.4 Å². The molecule has 182 valence electrons. The molecule has 1 aromatic heterocycles. The highest BCUT2D eigenvalue weighted by molar-refractivity contribution is 7.91. The number of tetrazole rings is 1. The second-order valence-electron chi connectivity index (χ2n) is 9.25. The maximum Gasteiger partial charge on any atom is 0.325 e. The van der Waals surface area contributed by atoms with Crippen molar-refractivity contribution in [2.75, 3.05) is 24.6 Å². The van der Waals surface area contributed by atoms with E-state index in [0.29, 0.717) is 24.2 Å². The number of imide groups is 1. The predicted molar refractivity (Wildman–Crippen MR) is 120 cm³/mol. The third kappa shape index (κ3) is 4.52. The lowest BCUT2D eigenvalue weighted by molar-refractivity contribution is -0.140. The van der Waals surface area contributed by atoms with Crippen molar-refractivity contribution in [3.63, 3.8) is 0 Å². The van der Waals surface area contributed by atoms with Crippen LogP contribution in [0.1, 0.15) is 32.8 Å². The number of carbonyl (C=O) groups is 3. The molecular weight excluding hydrogens is 462 g/mol. The van der Waals surface area contributed by atoms with Crippen LogP contribution in [0.25, 0.3) is 5.69 Å². The summed E-state index contributed by atoms with van der Waals surface area (Å²) in [6, 6.07) is 5.72. The number of nitrogens with one attached hydrogen (secondary N) is 1. The Morgan fingerprint density at radius 3 is 2.71 bits per heavy atom. The molecule has 2 saturated heterocycles. The third-order valence-electron chi connectivity index (χ3n) is 6.14. The van der Waals surface area contributed by atoms with Crippen LogP contribution in [0.2, 0.25) is 0 Å². The number of amides is 4. The number of sulfone groups is 1. The summed E-state index contributed by atoms with van der Waals surface area (Å²) >= 11 is 0. The van der Waals surface area contributed by atoms with Crippen LogP contribution in [-0.4, -0.2) is 86.9 Å². The molecule has 2 aliphatic heterocycles. The van der Waals surface area contributed by atoms with Gasteiger partial charge in [0.2, 0.25) is 5.91 Å². The second-order valence-corrected chi connectivity index (χ2v) is 11.5. The number of carbonyl (C=O) groups excluding carboxylic acids is 3. The van der Waals surface area contributed by atoms with Crippen LogP contribution in [0.4, 0.5) is 4.79 Å². The van der Waals surface area contributed by atoms with E-state index in [1.54, 1.807) is 31.2 Å². The summed E-state index contributed by atoms with van der Waals surface area (Å²) in [6.45, 7) is 5.30. The Balaban J connectivity index is 1.55. The first-order chi connectivity index (χ1) is 16.0. The van der Waals surface area contributed by atoms with Crippen molar-refractivity contribution in [3.05, 3.63) is 36.2 Å². The molecule has 0 unspecified atom stereocenters. The Labute approximate surface area is 197 Å². The Morgan fingerprint density at radius 1 is 1.32 bits per heavy atom. The molecule has 0 bridgehead atoms. The number of aromatic nitrogens is 4. The SMILES string of the molecule is CC(C)CN(C(=O)CN1C(=O)N[C@@](C)(c2cccc(-n3cnnn3)c2)C1=O)[C@@H]1CCS(=O)(=O)C1. The third-order valence-corrected chi connectivity index (χ3v) is 7.89. The van der Waals surface area contributed by atoms with Gasteiger partial charge in [-0.1, -0.05) is 26.0 Å². The molecular formula is C21H27N7O5S. The highest BCUT2D eigenvalue weighted by Crippen LogP contribution is 2.30. The van der Waals surface area contributed by atoms with E-state index in [4.69, 9.17) is 0 Å². The summed E-state index contributed by atoms with van der Waals surface area (Å²) in [7, 11) is -3.21. The molecule has 2 aliphatic rings. The summed E-state index contributed by atoms with van der Waals surface area (Å²) in [6.07, 6.45) is 1.76. The molecule has 3 heterocycles. The van der Waals surface area contributed by atoms with Gasteiger partial charge in [0, 0.05) is 12.6 Å². The van der Waals surface area contributed by atoms with Crippen LogP contribution in [0.3, 0.4) is 0 Å². The van der Waals surface area contributed by atoms with Gasteiger partial charge in [0.1, 0.15) is 18.4 Å². The minimum atomic E-state index is -3.21. The van der Waals surface area contributed by atoms with Gasteiger partial charge in [0.15, 0.2) is 9.84 Å². The molecule has 12 nitrogen and oxygen atoms in total. The lowest BCUT2D eigenvalue weighted by Gasteiger charge is -2.31. The van der Waals surface area contributed by atoms with Crippen molar-refractivity contribution in [1.29, 1.82) is 0 Å². The molecule has 4 rings (SSSR count). The Kier molecular flexibility index (Phi) is 6.14. The van der Waals surface area contributed by atoms with Gasteiger partial charge in [-0.2, -0.15) is 0 Å². The van der Waals surface area contributed by atoms with Crippen molar-refractivity contribution in [1.82, 2.24) is 35.3 Å². The van der Waals surface area contributed by atoms with Crippen molar-refractivity contribution in [2.45, 2.75) is 38.8 Å². The largest absolute Gasteiger partial charge is 0.337 e. The Hall–Kier alpha value is -3.35. The maximum atomic E-state index is 13.4. The summed E-state index contributed by atoms with van der Waals surface area (Å²) in [5, 5.41) is 13.7. The molecule has 0 radical (unpaired) electrons. The summed E-state index contributed by atoms with van der Waals surface area (Å²) in [5.74, 6) is -1.00. The Morgan fingerprint density at radius 2 is 2.09 bits per heavy atom. The van der Waals surface area contributed by atoms with Crippen LogP contribution >= 0.6 is 0 Å². The van der Waals surface area contributed by atoms with Gasteiger partial charge in [-0.15, -0.1) is 5.10 Å². The normalized spacial score (nSPS) is 24.0. The molecule has 0 saturated carbocycles. The number of benzene rings is 1. The van der Waals surface area contributed by atoms with Gasteiger partial charge in [0.25, 0.3) is 5.91 Å². The summed E-state index contributed by atoms with van der Waals surface area (Å²) in [4.78, 5) is 41.8. The minimum Gasteiger partial charge on any atom is -0.337 e. The summed E-state index contributed by atoms with van der Waals surface area (Å²) < 4.78 is 25.4. The highest BCUT2D eigenvalue weighted by atomic mass is 32.2. The minimum absolute atomic E-state index is 0.0262. The Bertz CT molecular complexity index is 1210.